The average Bonchev–Trinajstić information content (AvgIpc) is 3.33. The van der Waals surface area contributed by atoms with Gasteiger partial charge in [-0.3, -0.25) is 0 Å². The zero-order valence-electron chi connectivity index (χ0n) is 21.1. The van der Waals surface area contributed by atoms with Crippen LogP contribution in [0.4, 0.5) is 4.79 Å². The van der Waals surface area contributed by atoms with Gasteiger partial charge in [0.2, 0.25) is 0 Å². The van der Waals surface area contributed by atoms with Crippen molar-refractivity contribution in [2.75, 3.05) is 6.61 Å². The van der Waals surface area contributed by atoms with Crippen molar-refractivity contribution in [3.63, 3.8) is 0 Å². The fraction of sp³-hybridized carbons (Fsp3) is 0.679. The molecule has 3 saturated carbocycles. The van der Waals surface area contributed by atoms with Crippen molar-refractivity contribution in [3.8, 4) is 0 Å². The molecule has 7 fully saturated rings. The van der Waals surface area contributed by atoms with E-state index in [4.69, 9.17) is 28.4 Å². The SMILES string of the molecule is C=C(C)C12CC(C)C34OC(c5ccccc5)(OC1C3C1OC1(CO)C(O)C13OC(=O)OC1C(C)CC43)O2. The summed E-state index contributed by atoms with van der Waals surface area (Å²) in [5.41, 5.74) is -3.05. The van der Waals surface area contributed by atoms with Crippen molar-refractivity contribution < 1.29 is 43.4 Å². The number of ether oxygens (including phenoxy) is 6. The molecule has 13 atom stereocenters. The second-order valence-corrected chi connectivity index (χ2v) is 12.4. The number of fused-ring (bicyclic) bond motifs is 2. The van der Waals surface area contributed by atoms with Gasteiger partial charge in [0.1, 0.15) is 29.5 Å². The van der Waals surface area contributed by atoms with E-state index in [-0.39, 0.29) is 11.8 Å². The standard InChI is InChI=1S/C28H32O9/c1-13(2)24-11-15(4)26-17-10-14(3)19-27(17,35-23(31)32-19)22(30)25(12-29)21(33-25)18(26)20(24)34-28(36-24,37-26)16-8-6-5-7-9-16/h5-9,14-15,17-22,29-30H,1,10-12H2,2-4H3. The molecule has 7 aliphatic rings. The summed E-state index contributed by atoms with van der Waals surface area (Å²) in [4.78, 5) is 12.7. The van der Waals surface area contributed by atoms with Crippen LogP contribution in [0.25, 0.3) is 0 Å². The number of hydrogen-bond donors (Lipinski definition) is 2. The first-order valence-electron chi connectivity index (χ1n) is 13.3. The molecule has 0 amide bonds. The van der Waals surface area contributed by atoms with E-state index >= 15 is 0 Å². The van der Waals surface area contributed by atoms with Gasteiger partial charge in [0.25, 0.3) is 0 Å². The molecule has 37 heavy (non-hydrogen) atoms. The van der Waals surface area contributed by atoms with Gasteiger partial charge in [-0.25, -0.2) is 4.79 Å². The van der Waals surface area contributed by atoms with Crippen LogP contribution in [-0.2, 0) is 34.4 Å². The lowest BCUT2D eigenvalue weighted by Gasteiger charge is -2.60. The first-order chi connectivity index (χ1) is 17.6. The lowest BCUT2D eigenvalue weighted by atomic mass is 9.54. The summed E-state index contributed by atoms with van der Waals surface area (Å²) in [7, 11) is 0. The predicted molar refractivity (Wildman–Crippen MR) is 125 cm³/mol. The number of hydrogen-bond acceptors (Lipinski definition) is 9. The van der Waals surface area contributed by atoms with E-state index in [0.29, 0.717) is 12.8 Å². The minimum absolute atomic E-state index is 0.107. The lowest BCUT2D eigenvalue weighted by molar-refractivity contribution is -0.442. The van der Waals surface area contributed by atoms with Gasteiger partial charge in [-0.2, -0.15) is 0 Å². The Labute approximate surface area is 214 Å². The third-order valence-corrected chi connectivity index (χ3v) is 10.8. The summed E-state index contributed by atoms with van der Waals surface area (Å²) < 4.78 is 38.9. The molecule has 0 radical (unpaired) electrons. The zero-order chi connectivity index (χ0) is 25.8. The highest BCUT2D eigenvalue weighted by Gasteiger charge is 2.91. The summed E-state index contributed by atoms with van der Waals surface area (Å²) in [6.45, 7) is 9.96. The van der Waals surface area contributed by atoms with E-state index in [1.807, 2.05) is 44.2 Å². The van der Waals surface area contributed by atoms with E-state index < -0.39 is 77.4 Å². The van der Waals surface area contributed by atoms with Gasteiger partial charge in [-0.1, -0.05) is 50.8 Å². The van der Waals surface area contributed by atoms with E-state index in [0.717, 1.165) is 11.1 Å². The number of carbonyl (C=O) groups excluding carboxylic acids is 1. The molecule has 3 aliphatic carbocycles. The van der Waals surface area contributed by atoms with Crippen LogP contribution in [0.2, 0.25) is 0 Å². The highest BCUT2D eigenvalue weighted by atomic mass is 16.9. The highest BCUT2D eigenvalue weighted by molar-refractivity contribution is 5.65. The Morgan fingerprint density at radius 1 is 1.08 bits per heavy atom. The molecule has 1 aromatic rings. The molecule has 4 aliphatic heterocycles. The van der Waals surface area contributed by atoms with Crippen LogP contribution in [0.15, 0.2) is 42.5 Å². The molecule has 0 aromatic heterocycles. The van der Waals surface area contributed by atoms with Crippen molar-refractivity contribution in [2.45, 2.75) is 86.4 Å². The Bertz CT molecular complexity index is 1220. The molecule has 9 nitrogen and oxygen atoms in total. The van der Waals surface area contributed by atoms with Gasteiger partial charge in [-0.15, -0.1) is 0 Å². The predicted octanol–water partition coefficient (Wildman–Crippen LogP) is 2.39. The molecule has 1 spiro atoms. The smallest absolute Gasteiger partial charge is 0.426 e. The number of aliphatic hydroxyl groups excluding tert-OH is 2. The Balaban J connectivity index is 1.42. The molecule has 4 saturated heterocycles. The number of epoxide rings is 1. The van der Waals surface area contributed by atoms with Crippen molar-refractivity contribution in [1.82, 2.24) is 0 Å². The first-order valence-corrected chi connectivity index (χ1v) is 13.3. The van der Waals surface area contributed by atoms with Gasteiger partial charge in [0.15, 0.2) is 11.7 Å². The van der Waals surface area contributed by atoms with Crippen LogP contribution in [-0.4, -0.2) is 69.8 Å². The monoisotopic (exact) mass is 512 g/mol. The normalized spacial score (nSPS) is 57.9. The molecule has 198 valence electrons. The molecule has 2 N–H and O–H groups in total. The lowest BCUT2D eigenvalue weighted by Crippen LogP contribution is -2.72. The molecule has 4 heterocycles. The third-order valence-electron chi connectivity index (χ3n) is 10.8. The summed E-state index contributed by atoms with van der Waals surface area (Å²) in [6.07, 6.45) is -2.74. The minimum atomic E-state index is -1.51. The van der Waals surface area contributed by atoms with Gasteiger partial charge < -0.3 is 38.6 Å². The quantitative estimate of drug-likeness (QED) is 0.358. The van der Waals surface area contributed by atoms with Crippen molar-refractivity contribution in [1.29, 1.82) is 0 Å². The van der Waals surface area contributed by atoms with Gasteiger partial charge in [0, 0.05) is 17.4 Å². The Morgan fingerprint density at radius 2 is 1.84 bits per heavy atom. The maximum atomic E-state index is 12.7. The van der Waals surface area contributed by atoms with Gasteiger partial charge >= 0.3 is 12.1 Å². The van der Waals surface area contributed by atoms with E-state index in [1.165, 1.54) is 0 Å². The van der Waals surface area contributed by atoms with E-state index in [9.17, 15) is 15.0 Å². The minimum Gasteiger partial charge on any atom is -0.426 e. The largest absolute Gasteiger partial charge is 0.509 e. The summed E-state index contributed by atoms with van der Waals surface area (Å²) >= 11 is 0. The Morgan fingerprint density at radius 3 is 2.54 bits per heavy atom. The van der Waals surface area contributed by atoms with Crippen LogP contribution < -0.4 is 0 Å². The fourth-order valence-corrected chi connectivity index (χ4v) is 9.37. The molecule has 3 bridgehead atoms. The van der Waals surface area contributed by atoms with Crippen LogP contribution in [0, 0.1) is 23.7 Å². The molecular weight excluding hydrogens is 480 g/mol. The molecule has 9 heteroatoms. The summed E-state index contributed by atoms with van der Waals surface area (Å²) in [5, 5.41) is 22.7. The summed E-state index contributed by atoms with van der Waals surface area (Å²) in [6, 6.07) is 9.58. The third kappa shape index (κ3) is 2.23. The zero-order valence-corrected chi connectivity index (χ0v) is 21.1. The topological polar surface area (TPSA) is 116 Å². The number of benzene rings is 1. The molecule has 8 rings (SSSR count). The highest BCUT2D eigenvalue weighted by Crippen LogP contribution is 2.75. The number of carbonyl (C=O) groups is 1. The molecule has 13 unspecified atom stereocenters. The number of rotatable bonds is 3. The van der Waals surface area contributed by atoms with Gasteiger partial charge in [-0.05, 0) is 37.2 Å². The van der Waals surface area contributed by atoms with Crippen LogP contribution in [0.1, 0.15) is 39.2 Å². The Hall–Kier alpha value is -2.01. The maximum Gasteiger partial charge on any atom is 0.509 e. The van der Waals surface area contributed by atoms with Crippen LogP contribution in [0.5, 0.6) is 0 Å². The van der Waals surface area contributed by atoms with Crippen LogP contribution in [0.3, 0.4) is 0 Å². The van der Waals surface area contributed by atoms with Crippen molar-refractivity contribution >= 4 is 6.16 Å². The second kappa shape index (κ2) is 6.58. The van der Waals surface area contributed by atoms with Crippen LogP contribution >= 0.6 is 0 Å². The molecular formula is C28H32O9. The average molecular weight is 513 g/mol. The second-order valence-electron chi connectivity index (χ2n) is 12.4. The number of aliphatic hydroxyl groups is 2. The van der Waals surface area contributed by atoms with Crippen molar-refractivity contribution in [2.24, 2.45) is 23.7 Å². The summed E-state index contributed by atoms with van der Waals surface area (Å²) in [5.74, 6) is -2.59. The van der Waals surface area contributed by atoms with Gasteiger partial charge in [0.05, 0.1) is 12.2 Å². The van der Waals surface area contributed by atoms with Crippen molar-refractivity contribution in [3.05, 3.63) is 48.0 Å². The first kappa shape index (κ1) is 22.9. The maximum absolute atomic E-state index is 12.7. The fourth-order valence-electron chi connectivity index (χ4n) is 9.37. The molecule has 1 aromatic carbocycles. The van der Waals surface area contributed by atoms with E-state index in [2.05, 4.69) is 13.5 Å². The van der Waals surface area contributed by atoms with E-state index in [1.54, 1.807) is 0 Å². The Kier molecular flexibility index (Phi) is 4.08.